The van der Waals surface area contributed by atoms with Crippen molar-refractivity contribution in [3.05, 3.63) is 103 Å². The topological polar surface area (TPSA) is 37.3 Å². The molecule has 0 atom stereocenters. The molecule has 3 aromatic rings. The van der Waals surface area contributed by atoms with Crippen LogP contribution in [0.2, 0.25) is 0 Å². The van der Waals surface area contributed by atoms with Gasteiger partial charge in [-0.2, -0.15) is 0 Å². The average Bonchev–Trinajstić information content (AvgIpc) is 2.70. The Kier molecular flexibility index (Phi) is 5.65. The van der Waals surface area contributed by atoms with Crippen molar-refractivity contribution in [2.75, 3.05) is 6.16 Å². The average molecular weight is 362 g/mol. The molecule has 0 aliphatic rings. The van der Waals surface area contributed by atoms with Crippen molar-refractivity contribution in [3.63, 3.8) is 0 Å². The van der Waals surface area contributed by atoms with E-state index in [1.165, 1.54) is 15.9 Å². The number of rotatable bonds is 6. The van der Waals surface area contributed by atoms with Crippen LogP contribution in [0, 0.1) is 0 Å². The molecule has 1 N–H and O–H groups in total. The zero-order valence-electron chi connectivity index (χ0n) is 14.8. The molecule has 0 saturated carbocycles. The van der Waals surface area contributed by atoms with Crippen molar-refractivity contribution in [2.24, 2.45) is 0 Å². The van der Waals surface area contributed by atoms with Gasteiger partial charge < -0.3 is 0 Å². The molecular weight excluding hydrogens is 339 g/mol. The summed E-state index contributed by atoms with van der Waals surface area (Å²) in [6, 6.07) is 31.5. The fourth-order valence-electron chi connectivity index (χ4n) is 3.42. The van der Waals surface area contributed by atoms with Gasteiger partial charge in [-0.25, -0.2) is 0 Å². The van der Waals surface area contributed by atoms with Crippen LogP contribution in [0.5, 0.6) is 0 Å². The van der Waals surface area contributed by atoms with Gasteiger partial charge >= 0.3 is 155 Å². The van der Waals surface area contributed by atoms with Crippen molar-refractivity contribution in [3.8, 4) is 0 Å². The normalized spacial score (nSPS) is 12.6. The van der Waals surface area contributed by atoms with Gasteiger partial charge in [0.05, 0.1) is 0 Å². The monoisotopic (exact) mass is 362 g/mol. The first kappa shape index (κ1) is 18.1. The fraction of sp³-hybridized carbons (Fsp3) is 0.0870. The van der Waals surface area contributed by atoms with Crippen LogP contribution >= 0.6 is 7.26 Å². The molecular formula is C23H23O2P. The van der Waals surface area contributed by atoms with Crippen molar-refractivity contribution >= 4 is 29.1 Å². The minimum atomic E-state index is -2.37. The van der Waals surface area contributed by atoms with Gasteiger partial charge in [-0.1, -0.05) is 0 Å². The molecule has 0 bridgehead atoms. The Hall–Kier alpha value is -2.70. The SMILES string of the molecule is CC(=CC[PH](c1ccccc1)(c1ccccc1)c1ccccc1)C(=O)O. The Labute approximate surface area is 155 Å². The Morgan fingerprint density at radius 2 is 1.12 bits per heavy atom. The molecule has 2 nitrogen and oxygen atoms in total. The Morgan fingerprint density at radius 3 is 1.42 bits per heavy atom. The molecule has 0 spiro atoms. The van der Waals surface area contributed by atoms with Crippen LogP contribution in [0.25, 0.3) is 0 Å². The van der Waals surface area contributed by atoms with Crippen LogP contribution in [0.1, 0.15) is 6.92 Å². The van der Waals surface area contributed by atoms with Crippen LogP contribution in [-0.4, -0.2) is 17.2 Å². The Morgan fingerprint density at radius 1 is 0.769 bits per heavy atom. The molecule has 0 aromatic heterocycles. The van der Waals surface area contributed by atoms with E-state index in [1.807, 2.05) is 24.3 Å². The number of hydrogen-bond acceptors (Lipinski definition) is 1. The first-order chi connectivity index (χ1) is 12.6. The van der Waals surface area contributed by atoms with E-state index in [2.05, 4.69) is 72.8 Å². The summed E-state index contributed by atoms with van der Waals surface area (Å²) < 4.78 is 0. The molecule has 0 radical (unpaired) electrons. The zero-order chi connectivity index (χ0) is 18.4. The summed E-state index contributed by atoms with van der Waals surface area (Å²) >= 11 is 0. The number of hydrogen-bond donors (Lipinski definition) is 1. The molecule has 0 saturated heterocycles. The number of carboxylic acid groups (broad SMARTS) is 1. The summed E-state index contributed by atoms with van der Waals surface area (Å²) in [6.07, 6.45) is 2.60. The summed E-state index contributed by atoms with van der Waals surface area (Å²) in [5.41, 5.74) is 0.393. The third kappa shape index (κ3) is 3.61. The quantitative estimate of drug-likeness (QED) is 0.536. The van der Waals surface area contributed by atoms with Crippen LogP contribution < -0.4 is 15.9 Å². The molecule has 3 aromatic carbocycles. The Bertz CT molecular complexity index is 791. The third-order valence-electron chi connectivity index (χ3n) is 4.85. The third-order valence-corrected chi connectivity index (χ3v) is 9.62. The van der Waals surface area contributed by atoms with E-state index in [0.29, 0.717) is 11.7 Å². The van der Waals surface area contributed by atoms with Gasteiger partial charge in [0, 0.05) is 0 Å². The molecule has 3 heteroatoms. The van der Waals surface area contributed by atoms with Crippen LogP contribution in [0.15, 0.2) is 103 Å². The standard InChI is InChI=1S/C23H23O2P/c1-19(23(24)25)17-18-26(20-11-5-2-6-12-20,21-13-7-3-8-14-21)22-15-9-4-10-16-22/h2-17,26H,18H2,1H3,(H,24,25). The first-order valence-corrected chi connectivity index (χ1v) is 10.9. The van der Waals surface area contributed by atoms with Gasteiger partial charge in [-0.15, -0.1) is 0 Å². The van der Waals surface area contributed by atoms with Gasteiger partial charge in [0.2, 0.25) is 0 Å². The zero-order valence-corrected chi connectivity index (χ0v) is 15.8. The molecule has 0 aliphatic heterocycles. The van der Waals surface area contributed by atoms with E-state index in [0.717, 1.165) is 0 Å². The van der Waals surface area contributed by atoms with Crippen molar-refractivity contribution in [1.29, 1.82) is 0 Å². The molecule has 3 rings (SSSR count). The van der Waals surface area contributed by atoms with E-state index in [9.17, 15) is 9.90 Å². The summed E-state index contributed by atoms with van der Waals surface area (Å²) in [4.78, 5) is 11.4. The van der Waals surface area contributed by atoms with E-state index in [4.69, 9.17) is 0 Å². The van der Waals surface area contributed by atoms with Crippen molar-refractivity contribution < 1.29 is 9.90 Å². The summed E-state index contributed by atoms with van der Waals surface area (Å²) in [5, 5.41) is 13.2. The van der Waals surface area contributed by atoms with Crippen LogP contribution in [-0.2, 0) is 4.79 Å². The molecule has 0 unspecified atom stereocenters. The predicted molar refractivity (Wildman–Crippen MR) is 113 cm³/mol. The van der Waals surface area contributed by atoms with Crippen molar-refractivity contribution in [1.82, 2.24) is 0 Å². The van der Waals surface area contributed by atoms with Crippen LogP contribution in [0.4, 0.5) is 0 Å². The number of aliphatic carboxylic acids is 1. The summed E-state index contributed by atoms with van der Waals surface area (Å²) in [7, 11) is -2.37. The molecule has 26 heavy (non-hydrogen) atoms. The number of carbonyl (C=O) groups is 1. The van der Waals surface area contributed by atoms with Gasteiger partial charge in [0.1, 0.15) is 0 Å². The van der Waals surface area contributed by atoms with E-state index in [-0.39, 0.29) is 0 Å². The van der Waals surface area contributed by atoms with Gasteiger partial charge in [0.25, 0.3) is 0 Å². The molecule has 0 amide bonds. The van der Waals surface area contributed by atoms with Gasteiger partial charge in [-0.3, -0.25) is 0 Å². The molecule has 0 fully saturated rings. The maximum atomic E-state index is 11.4. The maximum absolute atomic E-state index is 11.4. The number of benzene rings is 3. The molecule has 0 aliphatic carbocycles. The van der Waals surface area contributed by atoms with E-state index < -0.39 is 13.2 Å². The Balaban J connectivity index is 2.28. The van der Waals surface area contributed by atoms with Crippen molar-refractivity contribution in [2.45, 2.75) is 6.92 Å². The summed E-state index contributed by atoms with van der Waals surface area (Å²) in [6.45, 7) is 1.67. The number of allylic oxidation sites excluding steroid dienone is 1. The fourth-order valence-corrected chi connectivity index (χ4v) is 8.02. The molecule has 0 heterocycles. The second-order valence-corrected chi connectivity index (χ2v) is 10.4. The van der Waals surface area contributed by atoms with E-state index in [1.54, 1.807) is 6.92 Å². The second kappa shape index (κ2) is 8.12. The molecule has 132 valence electrons. The minimum absolute atomic E-state index is 0.393. The first-order valence-electron chi connectivity index (χ1n) is 8.71. The second-order valence-electron chi connectivity index (χ2n) is 6.40. The predicted octanol–water partition coefficient (Wildman–Crippen LogP) is 3.74. The van der Waals surface area contributed by atoms with Gasteiger partial charge in [0.15, 0.2) is 0 Å². The van der Waals surface area contributed by atoms with Crippen LogP contribution in [0.3, 0.4) is 0 Å². The summed E-state index contributed by atoms with van der Waals surface area (Å²) in [5.74, 6) is -0.859. The van der Waals surface area contributed by atoms with Gasteiger partial charge in [-0.05, 0) is 0 Å². The number of carboxylic acids is 1. The van der Waals surface area contributed by atoms with E-state index >= 15 is 0 Å².